The molecular weight excluding hydrogens is 565 g/mol. The number of anilines is 1. The lowest BCUT2D eigenvalue weighted by Crippen LogP contribution is -2.48. The molecule has 8 nitrogen and oxygen atoms in total. The Morgan fingerprint density at radius 1 is 0.976 bits per heavy atom. The Morgan fingerprint density at radius 2 is 1.71 bits per heavy atom. The van der Waals surface area contributed by atoms with E-state index in [1.54, 1.807) is 19.1 Å². The average Bonchev–Trinajstić information content (AvgIpc) is 3.58. The van der Waals surface area contributed by atoms with Crippen molar-refractivity contribution in [3.8, 4) is 11.5 Å². The van der Waals surface area contributed by atoms with E-state index in [2.05, 4.69) is 19.9 Å². The number of halogens is 2. The fourth-order valence-corrected chi connectivity index (χ4v) is 7.13. The maximum absolute atomic E-state index is 15.0. The van der Waals surface area contributed by atoms with Gasteiger partial charge in [-0.15, -0.1) is 9.24 Å². The van der Waals surface area contributed by atoms with Crippen LogP contribution in [0.2, 0.25) is 0 Å². The van der Waals surface area contributed by atoms with Crippen LogP contribution in [0.1, 0.15) is 62.2 Å². The van der Waals surface area contributed by atoms with Crippen LogP contribution in [0.3, 0.4) is 0 Å². The molecule has 0 aromatic heterocycles. The number of rotatable bonds is 9. The van der Waals surface area contributed by atoms with Crippen LogP contribution in [0.4, 0.5) is 14.5 Å². The van der Waals surface area contributed by atoms with Gasteiger partial charge in [-0.2, -0.15) is 0 Å². The zero-order chi connectivity index (χ0) is 30.0. The lowest BCUT2D eigenvalue weighted by atomic mass is 9.83. The predicted octanol–water partition coefficient (Wildman–Crippen LogP) is 4.76. The monoisotopic (exact) mass is 602 g/mol. The largest absolute Gasteiger partial charge is 0.496 e. The summed E-state index contributed by atoms with van der Waals surface area (Å²) in [5.74, 6) is -2.84. The normalized spacial score (nSPS) is 26.4. The molecule has 0 radical (unpaired) electrons. The summed E-state index contributed by atoms with van der Waals surface area (Å²) >= 11 is 0. The van der Waals surface area contributed by atoms with Crippen LogP contribution < -0.4 is 25.4 Å². The van der Waals surface area contributed by atoms with E-state index in [4.69, 9.17) is 14.2 Å². The smallest absolute Gasteiger partial charge is 0.308 e. The van der Waals surface area contributed by atoms with Gasteiger partial charge in [-0.05, 0) is 81.1 Å². The standard InChI is InChI=1S/C31H37F2N2O6P/c1-3-40-31(38)16-9-11-19(12-10-16)41-24-14-20(23(39-2)15-22(24)33)29(36)34-27-18-8-7-17(13-18)26(27)30(37)35-28-21(32)5-4-6-25(28)42/h4-6,14-19,26-27H,3,7-13,42H2,1-2H3,(H,34,36)(H,35,37)/t16-,17-,18+,19+,26+,27-/m1/s1. The molecule has 2 bridgehead atoms. The highest BCUT2D eigenvalue weighted by atomic mass is 31.0. The van der Waals surface area contributed by atoms with Gasteiger partial charge in [0.1, 0.15) is 11.6 Å². The minimum absolute atomic E-state index is 0.0477. The molecular formula is C31H37F2N2O6P. The second kappa shape index (κ2) is 12.9. The maximum Gasteiger partial charge on any atom is 0.308 e. The van der Waals surface area contributed by atoms with Gasteiger partial charge in [0.25, 0.3) is 5.91 Å². The van der Waals surface area contributed by atoms with E-state index in [-0.39, 0.29) is 58.5 Å². The number of nitrogens with one attached hydrogen (secondary N) is 2. The second-order valence-electron chi connectivity index (χ2n) is 11.4. The molecule has 3 aliphatic carbocycles. The van der Waals surface area contributed by atoms with Crippen molar-refractivity contribution in [1.29, 1.82) is 0 Å². The van der Waals surface area contributed by atoms with Crippen LogP contribution in [-0.2, 0) is 14.3 Å². The highest BCUT2D eigenvalue weighted by Crippen LogP contribution is 2.49. The summed E-state index contributed by atoms with van der Waals surface area (Å²) in [5.41, 5.74) is 0.205. The van der Waals surface area contributed by atoms with Crippen molar-refractivity contribution in [1.82, 2.24) is 5.32 Å². The first kappa shape index (κ1) is 30.2. The highest BCUT2D eigenvalue weighted by Gasteiger charge is 2.51. The number of hydrogen-bond acceptors (Lipinski definition) is 6. The van der Waals surface area contributed by atoms with Crippen LogP contribution in [0, 0.1) is 35.3 Å². The molecule has 2 amide bonds. The fraction of sp³-hybridized carbons (Fsp3) is 0.516. The summed E-state index contributed by atoms with van der Waals surface area (Å²) in [7, 11) is 3.77. The number of fused-ring (bicyclic) bond motifs is 2. The van der Waals surface area contributed by atoms with Crippen molar-refractivity contribution in [2.75, 3.05) is 19.0 Å². The van der Waals surface area contributed by atoms with Gasteiger partial charge in [-0.3, -0.25) is 14.4 Å². The van der Waals surface area contributed by atoms with Crippen molar-refractivity contribution < 1.29 is 37.4 Å². The molecule has 3 aliphatic rings. The highest BCUT2D eigenvalue weighted by molar-refractivity contribution is 7.28. The first-order chi connectivity index (χ1) is 20.2. The number of ether oxygens (including phenoxy) is 3. The van der Waals surface area contributed by atoms with Gasteiger partial charge in [0.2, 0.25) is 5.91 Å². The van der Waals surface area contributed by atoms with Crippen LogP contribution >= 0.6 is 9.24 Å². The lowest BCUT2D eigenvalue weighted by Gasteiger charge is -2.31. The van der Waals surface area contributed by atoms with Gasteiger partial charge in [0, 0.05) is 12.1 Å². The van der Waals surface area contributed by atoms with Crippen LogP contribution in [0.25, 0.3) is 0 Å². The molecule has 0 heterocycles. The quantitative estimate of drug-likeness (QED) is 0.317. The molecule has 42 heavy (non-hydrogen) atoms. The van der Waals surface area contributed by atoms with E-state index in [9.17, 15) is 18.8 Å². The third-order valence-electron chi connectivity index (χ3n) is 8.90. The second-order valence-corrected chi connectivity index (χ2v) is 12.0. The molecule has 3 fully saturated rings. The zero-order valence-electron chi connectivity index (χ0n) is 23.8. The third-order valence-corrected chi connectivity index (χ3v) is 9.38. The number of hydrogen-bond donors (Lipinski definition) is 2. The first-order valence-corrected chi connectivity index (χ1v) is 15.1. The number of esters is 1. The van der Waals surface area contributed by atoms with Crippen molar-refractivity contribution in [2.24, 2.45) is 23.7 Å². The van der Waals surface area contributed by atoms with Crippen LogP contribution in [0.15, 0.2) is 30.3 Å². The Balaban J connectivity index is 1.30. The SMILES string of the molecule is CCOC(=O)[C@H]1CC[C@@H](Oc2cc(C(=O)N[C@@H]3[C@H]4CC[C@H](C4)[C@@H]3C(=O)Nc3c(F)cccc3P)c(OC)cc2F)CC1. The number of amides is 2. The predicted molar refractivity (Wildman–Crippen MR) is 156 cm³/mol. The molecule has 0 aliphatic heterocycles. The zero-order valence-corrected chi connectivity index (χ0v) is 24.9. The topological polar surface area (TPSA) is 103 Å². The fourth-order valence-electron chi connectivity index (χ4n) is 6.81. The van der Waals surface area contributed by atoms with Gasteiger partial charge in [0.05, 0.1) is 42.9 Å². The summed E-state index contributed by atoms with van der Waals surface area (Å²) in [4.78, 5) is 39.1. The van der Waals surface area contributed by atoms with Gasteiger partial charge >= 0.3 is 5.97 Å². The number of carbonyl (C=O) groups excluding carboxylic acids is 3. The maximum atomic E-state index is 15.0. The molecule has 2 aromatic rings. The van der Waals surface area contributed by atoms with E-state index in [0.717, 1.165) is 25.3 Å². The molecule has 2 N–H and O–H groups in total. The van der Waals surface area contributed by atoms with Crippen molar-refractivity contribution >= 4 is 38.0 Å². The van der Waals surface area contributed by atoms with Crippen molar-refractivity contribution in [3.05, 3.63) is 47.5 Å². The molecule has 1 unspecified atom stereocenters. The molecule has 0 saturated heterocycles. The number of carbonyl (C=O) groups is 3. The Kier molecular flexibility index (Phi) is 9.31. The van der Waals surface area contributed by atoms with Crippen LogP contribution in [0.5, 0.6) is 11.5 Å². The van der Waals surface area contributed by atoms with Gasteiger partial charge in [-0.1, -0.05) is 12.1 Å². The Hall–Kier alpha value is -3.26. The molecule has 3 saturated carbocycles. The Bertz CT molecular complexity index is 1330. The number of methoxy groups -OCH3 is 1. The van der Waals surface area contributed by atoms with E-state index >= 15 is 4.39 Å². The summed E-state index contributed by atoms with van der Waals surface area (Å²) in [6.07, 6.45) is 4.47. The van der Waals surface area contributed by atoms with Gasteiger partial charge in [0.15, 0.2) is 11.6 Å². The molecule has 5 atom stereocenters. The van der Waals surface area contributed by atoms with Gasteiger partial charge < -0.3 is 24.8 Å². The van der Waals surface area contributed by atoms with Crippen LogP contribution in [-0.4, -0.2) is 43.6 Å². The minimum Gasteiger partial charge on any atom is -0.496 e. The molecule has 0 spiro atoms. The number of para-hydroxylation sites is 1. The Labute approximate surface area is 246 Å². The number of benzene rings is 2. The molecule has 11 heteroatoms. The van der Waals surface area contributed by atoms with Gasteiger partial charge in [-0.25, -0.2) is 8.78 Å². The summed E-state index contributed by atoms with van der Waals surface area (Å²) < 4.78 is 45.9. The molecule has 2 aromatic carbocycles. The summed E-state index contributed by atoms with van der Waals surface area (Å²) in [5, 5.41) is 6.29. The lowest BCUT2D eigenvalue weighted by molar-refractivity contribution is -0.149. The first-order valence-electron chi connectivity index (χ1n) is 14.6. The van der Waals surface area contributed by atoms with E-state index in [0.29, 0.717) is 37.6 Å². The average molecular weight is 603 g/mol. The van der Waals surface area contributed by atoms with Crippen molar-refractivity contribution in [3.63, 3.8) is 0 Å². The van der Waals surface area contributed by atoms with E-state index in [1.165, 1.54) is 19.2 Å². The van der Waals surface area contributed by atoms with E-state index in [1.807, 2.05) is 0 Å². The minimum atomic E-state index is -0.661. The summed E-state index contributed by atoms with van der Waals surface area (Å²) in [6.45, 7) is 2.10. The molecule has 5 rings (SSSR count). The molecule has 226 valence electrons. The summed E-state index contributed by atoms with van der Waals surface area (Å²) in [6, 6.07) is 6.54. The van der Waals surface area contributed by atoms with E-state index < -0.39 is 29.5 Å². The van der Waals surface area contributed by atoms with Crippen molar-refractivity contribution in [2.45, 2.75) is 64.0 Å². The third kappa shape index (κ3) is 6.24. The Morgan fingerprint density at radius 3 is 2.40 bits per heavy atom.